The van der Waals surface area contributed by atoms with Crippen LogP contribution in [0.4, 0.5) is 0 Å². The van der Waals surface area contributed by atoms with E-state index in [4.69, 9.17) is 14.0 Å². The molecule has 7 nitrogen and oxygen atoms in total. The third-order valence-electron chi connectivity index (χ3n) is 4.08. The molecular formula is C20H18N4O3S. The number of rotatable bonds is 7. The zero-order chi connectivity index (χ0) is 19.3. The number of hydrogen-bond donors (Lipinski definition) is 0. The fourth-order valence-corrected chi connectivity index (χ4v) is 3.47. The van der Waals surface area contributed by atoms with Crippen molar-refractivity contribution < 1.29 is 14.0 Å². The van der Waals surface area contributed by atoms with Crippen molar-refractivity contribution in [1.82, 2.24) is 19.7 Å². The lowest BCUT2D eigenvalue weighted by Crippen LogP contribution is -1.95. The number of aromatic nitrogens is 4. The minimum atomic E-state index is 0.518. The molecule has 2 aromatic carbocycles. The van der Waals surface area contributed by atoms with Crippen molar-refractivity contribution >= 4 is 11.8 Å². The Hall–Kier alpha value is -3.26. The van der Waals surface area contributed by atoms with Crippen molar-refractivity contribution in [2.45, 2.75) is 10.9 Å². The highest BCUT2D eigenvalue weighted by molar-refractivity contribution is 7.98. The van der Waals surface area contributed by atoms with Gasteiger partial charge < -0.3 is 14.0 Å². The van der Waals surface area contributed by atoms with E-state index in [1.54, 1.807) is 20.4 Å². The molecule has 0 aliphatic rings. The Balaban J connectivity index is 1.47. The van der Waals surface area contributed by atoms with Gasteiger partial charge in [0.25, 0.3) is 0 Å². The third kappa shape index (κ3) is 3.86. The molecule has 4 aromatic rings. The molecule has 0 bridgehead atoms. The van der Waals surface area contributed by atoms with Crippen molar-refractivity contribution in [3.8, 4) is 28.6 Å². The van der Waals surface area contributed by atoms with E-state index in [-0.39, 0.29) is 0 Å². The fraction of sp³-hybridized carbons (Fsp3) is 0.150. The lowest BCUT2D eigenvalue weighted by molar-refractivity contribution is 0.391. The maximum Gasteiger partial charge on any atom is 0.237 e. The summed E-state index contributed by atoms with van der Waals surface area (Å²) >= 11 is 1.53. The van der Waals surface area contributed by atoms with E-state index in [9.17, 15) is 0 Å². The first-order valence-corrected chi connectivity index (χ1v) is 9.53. The molecule has 0 saturated carbocycles. The van der Waals surface area contributed by atoms with Crippen LogP contribution >= 0.6 is 11.8 Å². The predicted octanol–water partition coefficient (Wildman–Crippen LogP) is 4.23. The van der Waals surface area contributed by atoms with Gasteiger partial charge in [-0.3, -0.25) is 4.57 Å². The van der Waals surface area contributed by atoms with Gasteiger partial charge in [0.1, 0.15) is 11.5 Å². The highest BCUT2D eigenvalue weighted by atomic mass is 32.2. The summed E-state index contributed by atoms with van der Waals surface area (Å²) in [4.78, 5) is 8.90. The SMILES string of the molecule is COc1ccc(-n2ccnc2SCc2nc(-c3cccc(OC)c3)no2)cc1. The van der Waals surface area contributed by atoms with Gasteiger partial charge in [-0.25, -0.2) is 4.98 Å². The third-order valence-corrected chi connectivity index (χ3v) is 5.03. The van der Waals surface area contributed by atoms with Gasteiger partial charge in [0, 0.05) is 23.6 Å². The minimum absolute atomic E-state index is 0.518. The van der Waals surface area contributed by atoms with Crippen LogP contribution in [0.25, 0.3) is 17.1 Å². The predicted molar refractivity (Wildman–Crippen MR) is 106 cm³/mol. The van der Waals surface area contributed by atoms with E-state index in [0.717, 1.165) is 27.9 Å². The normalized spacial score (nSPS) is 10.8. The van der Waals surface area contributed by atoms with Crippen LogP contribution in [-0.4, -0.2) is 33.9 Å². The fourth-order valence-electron chi connectivity index (χ4n) is 2.66. The van der Waals surface area contributed by atoms with Gasteiger partial charge in [-0.1, -0.05) is 29.1 Å². The summed E-state index contributed by atoms with van der Waals surface area (Å²) in [6, 6.07) is 15.4. The summed E-state index contributed by atoms with van der Waals surface area (Å²) in [5, 5.41) is 4.90. The van der Waals surface area contributed by atoms with Gasteiger partial charge >= 0.3 is 0 Å². The number of ether oxygens (including phenoxy) is 2. The number of hydrogen-bond acceptors (Lipinski definition) is 7. The first-order valence-electron chi connectivity index (χ1n) is 8.54. The lowest BCUT2D eigenvalue weighted by Gasteiger charge is -2.07. The van der Waals surface area contributed by atoms with E-state index in [1.807, 2.05) is 59.3 Å². The molecule has 0 aliphatic carbocycles. The van der Waals surface area contributed by atoms with Crippen molar-refractivity contribution in [3.05, 3.63) is 66.8 Å². The number of nitrogens with zero attached hydrogens (tertiary/aromatic N) is 4. The summed E-state index contributed by atoms with van der Waals surface area (Å²) < 4.78 is 17.8. The standard InChI is InChI=1S/C20H18N4O3S/c1-25-16-8-6-15(7-9-16)24-11-10-21-20(24)28-13-18-22-19(23-27-18)14-4-3-5-17(12-14)26-2/h3-12H,13H2,1-2H3. The summed E-state index contributed by atoms with van der Waals surface area (Å²) in [5.41, 5.74) is 1.85. The van der Waals surface area contributed by atoms with Gasteiger partial charge in [0.05, 0.1) is 20.0 Å². The summed E-state index contributed by atoms with van der Waals surface area (Å²) in [6.45, 7) is 0. The molecule has 0 N–H and O–H groups in total. The first kappa shape index (κ1) is 18.1. The first-order chi connectivity index (χ1) is 13.8. The quantitative estimate of drug-likeness (QED) is 0.434. The molecule has 0 unspecified atom stereocenters. The second-order valence-electron chi connectivity index (χ2n) is 5.81. The van der Waals surface area contributed by atoms with Crippen LogP contribution in [0, 0.1) is 0 Å². The van der Waals surface area contributed by atoms with Crippen molar-refractivity contribution in [2.24, 2.45) is 0 Å². The molecule has 0 spiro atoms. The largest absolute Gasteiger partial charge is 0.497 e. The molecule has 8 heteroatoms. The van der Waals surface area contributed by atoms with E-state index in [2.05, 4.69) is 15.1 Å². The molecule has 0 amide bonds. The van der Waals surface area contributed by atoms with Gasteiger partial charge in [0.15, 0.2) is 5.16 Å². The number of benzene rings is 2. The van der Waals surface area contributed by atoms with Crippen LogP contribution in [0.2, 0.25) is 0 Å². The Morgan fingerprint density at radius 1 is 1.04 bits per heavy atom. The van der Waals surface area contributed by atoms with Crippen LogP contribution in [0.15, 0.2) is 70.6 Å². The molecule has 2 heterocycles. The maximum atomic E-state index is 5.39. The zero-order valence-corrected chi connectivity index (χ0v) is 16.2. The van der Waals surface area contributed by atoms with E-state index < -0.39 is 0 Å². The molecule has 142 valence electrons. The summed E-state index contributed by atoms with van der Waals surface area (Å²) in [6.07, 6.45) is 3.68. The van der Waals surface area contributed by atoms with Gasteiger partial charge in [-0.15, -0.1) is 0 Å². The highest BCUT2D eigenvalue weighted by Crippen LogP contribution is 2.26. The van der Waals surface area contributed by atoms with Gasteiger partial charge in [-0.2, -0.15) is 4.98 Å². The summed E-state index contributed by atoms with van der Waals surface area (Å²) in [7, 11) is 3.28. The second-order valence-corrected chi connectivity index (χ2v) is 6.75. The molecule has 0 atom stereocenters. The van der Waals surface area contributed by atoms with Crippen LogP contribution in [0.3, 0.4) is 0 Å². The van der Waals surface area contributed by atoms with Crippen LogP contribution in [0.1, 0.15) is 5.89 Å². The number of imidazole rings is 1. The molecule has 0 fully saturated rings. The molecule has 2 aromatic heterocycles. The highest BCUT2D eigenvalue weighted by Gasteiger charge is 2.12. The monoisotopic (exact) mass is 394 g/mol. The lowest BCUT2D eigenvalue weighted by atomic mass is 10.2. The van der Waals surface area contributed by atoms with Crippen molar-refractivity contribution in [1.29, 1.82) is 0 Å². The Labute approximate surface area is 166 Å². The zero-order valence-electron chi connectivity index (χ0n) is 15.4. The molecule has 4 rings (SSSR count). The smallest absolute Gasteiger partial charge is 0.237 e. The minimum Gasteiger partial charge on any atom is -0.497 e. The Morgan fingerprint density at radius 3 is 2.64 bits per heavy atom. The molecule has 0 radical (unpaired) electrons. The Kier molecular flexibility index (Phi) is 5.29. The van der Waals surface area contributed by atoms with E-state index in [1.165, 1.54) is 11.8 Å². The second kappa shape index (κ2) is 8.18. The Bertz CT molecular complexity index is 1060. The molecule has 28 heavy (non-hydrogen) atoms. The molecule has 0 saturated heterocycles. The van der Waals surface area contributed by atoms with Crippen LogP contribution in [-0.2, 0) is 5.75 Å². The van der Waals surface area contributed by atoms with E-state index >= 15 is 0 Å². The van der Waals surface area contributed by atoms with Crippen LogP contribution < -0.4 is 9.47 Å². The molecular weight excluding hydrogens is 376 g/mol. The topological polar surface area (TPSA) is 75.2 Å². The number of methoxy groups -OCH3 is 2. The van der Waals surface area contributed by atoms with Gasteiger partial charge in [-0.05, 0) is 36.4 Å². The van der Waals surface area contributed by atoms with Gasteiger partial charge in [0.2, 0.25) is 11.7 Å². The average Bonchev–Trinajstić information content (AvgIpc) is 3.42. The maximum absolute atomic E-state index is 5.39. The summed E-state index contributed by atoms with van der Waals surface area (Å²) in [5.74, 6) is 3.15. The van der Waals surface area contributed by atoms with Crippen molar-refractivity contribution in [3.63, 3.8) is 0 Å². The Morgan fingerprint density at radius 2 is 1.86 bits per heavy atom. The average molecular weight is 394 g/mol. The van der Waals surface area contributed by atoms with Crippen LogP contribution in [0.5, 0.6) is 11.5 Å². The van der Waals surface area contributed by atoms with Crippen molar-refractivity contribution in [2.75, 3.05) is 14.2 Å². The number of thioether (sulfide) groups is 1. The molecule has 0 aliphatic heterocycles. The van der Waals surface area contributed by atoms with E-state index in [0.29, 0.717) is 17.5 Å².